The summed E-state index contributed by atoms with van der Waals surface area (Å²) >= 11 is 0. The van der Waals surface area contributed by atoms with Crippen LogP contribution in [-0.4, -0.2) is 20.9 Å². The van der Waals surface area contributed by atoms with Crippen LogP contribution >= 0.6 is 0 Å². The number of carbonyl (C=O) groups is 1. The zero-order valence-corrected chi connectivity index (χ0v) is 10.1. The summed E-state index contributed by atoms with van der Waals surface area (Å²) in [5.74, 6) is 0.985. The molecule has 1 aliphatic rings. The van der Waals surface area contributed by atoms with Gasteiger partial charge in [0.05, 0.1) is 5.92 Å². The quantitative estimate of drug-likeness (QED) is 0.809. The fourth-order valence-corrected chi connectivity index (χ4v) is 2.29. The number of hydrogen-bond acceptors (Lipinski definition) is 5. The van der Waals surface area contributed by atoms with Crippen molar-refractivity contribution in [3.05, 3.63) is 29.9 Å². The molecule has 0 spiro atoms. The van der Waals surface area contributed by atoms with Gasteiger partial charge in [-0.05, 0) is 31.4 Å². The molecule has 0 saturated heterocycles. The highest BCUT2D eigenvalue weighted by Crippen LogP contribution is 2.31. The first-order chi connectivity index (χ1) is 8.75. The first-order valence-electron chi connectivity index (χ1n) is 6.03. The smallest absolute Gasteiger partial charge is 0.237 e. The number of Topliss-reactive ketones (excluding diaryl/α,β-unsaturated/α-hetero) is 1. The number of nitrogens with zero attached hydrogens (tertiary/aromatic N) is 3. The molecule has 1 aliphatic carbocycles. The topological polar surface area (TPSA) is 68.9 Å². The van der Waals surface area contributed by atoms with E-state index in [-0.39, 0.29) is 11.7 Å². The average Bonchev–Trinajstić information content (AvgIpc) is 2.98. The van der Waals surface area contributed by atoms with Crippen molar-refractivity contribution in [2.75, 3.05) is 0 Å². The van der Waals surface area contributed by atoms with Crippen LogP contribution in [-0.2, 0) is 4.79 Å². The van der Waals surface area contributed by atoms with Crippen LogP contribution in [0.2, 0.25) is 0 Å². The SMILES string of the molecule is Cc1cnccc1-c1noc(C2CCCC2=O)n1. The minimum atomic E-state index is -0.201. The standard InChI is InChI=1S/C13H13N3O2/c1-8-7-14-6-5-9(8)12-15-13(18-16-12)10-3-2-4-11(10)17/h5-7,10H,2-4H2,1H3. The van der Waals surface area contributed by atoms with Crippen molar-refractivity contribution in [1.82, 2.24) is 15.1 Å². The minimum Gasteiger partial charge on any atom is -0.338 e. The Bertz CT molecular complexity index is 591. The van der Waals surface area contributed by atoms with Crippen molar-refractivity contribution in [1.29, 1.82) is 0 Å². The highest BCUT2D eigenvalue weighted by Gasteiger charge is 2.31. The molecule has 18 heavy (non-hydrogen) atoms. The maximum Gasteiger partial charge on any atom is 0.237 e. The van der Waals surface area contributed by atoms with Crippen molar-refractivity contribution < 1.29 is 9.32 Å². The number of hydrogen-bond donors (Lipinski definition) is 0. The van der Waals surface area contributed by atoms with Crippen molar-refractivity contribution >= 4 is 5.78 Å². The van der Waals surface area contributed by atoms with Crippen LogP contribution in [0.4, 0.5) is 0 Å². The molecule has 1 saturated carbocycles. The van der Waals surface area contributed by atoms with Crippen LogP contribution in [0.1, 0.15) is 36.6 Å². The van der Waals surface area contributed by atoms with Gasteiger partial charge in [-0.3, -0.25) is 9.78 Å². The van der Waals surface area contributed by atoms with E-state index in [1.165, 1.54) is 0 Å². The van der Waals surface area contributed by atoms with Crippen molar-refractivity contribution in [2.45, 2.75) is 32.1 Å². The summed E-state index contributed by atoms with van der Waals surface area (Å²) in [4.78, 5) is 20.0. The third-order valence-electron chi connectivity index (χ3n) is 3.31. The molecule has 2 aromatic rings. The lowest BCUT2D eigenvalue weighted by atomic mass is 10.1. The predicted octanol–water partition coefficient (Wildman–Crippen LogP) is 2.28. The second-order valence-corrected chi connectivity index (χ2v) is 4.56. The second kappa shape index (κ2) is 4.33. The predicted molar refractivity (Wildman–Crippen MR) is 63.9 cm³/mol. The van der Waals surface area contributed by atoms with E-state index < -0.39 is 0 Å². The number of aryl methyl sites for hydroxylation is 1. The number of ketones is 1. The Hall–Kier alpha value is -2.04. The molecular formula is C13H13N3O2. The van der Waals surface area contributed by atoms with Crippen LogP contribution in [0.25, 0.3) is 11.4 Å². The van der Waals surface area contributed by atoms with Gasteiger partial charge in [0.25, 0.3) is 0 Å². The zero-order chi connectivity index (χ0) is 12.5. The van der Waals surface area contributed by atoms with Gasteiger partial charge in [0.1, 0.15) is 5.78 Å². The lowest BCUT2D eigenvalue weighted by molar-refractivity contribution is -0.119. The van der Waals surface area contributed by atoms with E-state index >= 15 is 0 Å². The number of carbonyl (C=O) groups excluding carboxylic acids is 1. The van der Waals surface area contributed by atoms with Crippen LogP contribution < -0.4 is 0 Å². The van der Waals surface area contributed by atoms with Gasteiger partial charge in [-0.25, -0.2) is 0 Å². The molecule has 1 unspecified atom stereocenters. The summed E-state index contributed by atoms with van der Waals surface area (Å²) in [6.45, 7) is 1.94. The molecule has 0 aromatic carbocycles. The summed E-state index contributed by atoms with van der Waals surface area (Å²) in [6.07, 6.45) is 5.80. The highest BCUT2D eigenvalue weighted by molar-refractivity contribution is 5.86. The Balaban J connectivity index is 1.95. The van der Waals surface area contributed by atoms with E-state index in [1.54, 1.807) is 12.4 Å². The molecule has 0 bridgehead atoms. The van der Waals surface area contributed by atoms with E-state index in [4.69, 9.17) is 4.52 Å². The Morgan fingerprint density at radius 2 is 2.33 bits per heavy atom. The van der Waals surface area contributed by atoms with Gasteiger partial charge >= 0.3 is 0 Å². The average molecular weight is 243 g/mol. The van der Waals surface area contributed by atoms with Gasteiger partial charge in [-0.1, -0.05) is 5.16 Å². The summed E-state index contributed by atoms with van der Waals surface area (Å²) in [7, 11) is 0. The van der Waals surface area contributed by atoms with Crippen molar-refractivity contribution in [2.24, 2.45) is 0 Å². The van der Waals surface area contributed by atoms with Gasteiger partial charge in [0, 0.05) is 24.4 Å². The largest absolute Gasteiger partial charge is 0.338 e. The first-order valence-corrected chi connectivity index (χ1v) is 6.03. The van der Waals surface area contributed by atoms with E-state index in [0.29, 0.717) is 18.1 Å². The molecule has 3 rings (SSSR count). The number of rotatable bonds is 2. The zero-order valence-electron chi connectivity index (χ0n) is 10.1. The van der Waals surface area contributed by atoms with Crippen LogP contribution in [0.5, 0.6) is 0 Å². The van der Waals surface area contributed by atoms with E-state index in [9.17, 15) is 4.79 Å². The number of aromatic nitrogens is 3. The lowest BCUT2D eigenvalue weighted by Gasteiger charge is -1.99. The van der Waals surface area contributed by atoms with Crippen molar-refractivity contribution in [3.63, 3.8) is 0 Å². The number of pyridine rings is 1. The maximum absolute atomic E-state index is 11.6. The third kappa shape index (κ3) is 1.81. The van der Waals surface area contributed by atoms with Gasteiger partial charge in [-0.2, -0.15) is 4.98 Å². The van der Waals surface area contributed by atoms with E-state index in [1.807, 2.05) is 13.0 Å². The monoisotopic (exact) mass is 243 g/mol. The summed E-state index contributed by atoms with van der Waals surface area (Å²) in [5, 5.41) is 3.96. The molecule has 0 amide bonds. The van der Waals surface area contributed by atoms with Crippen LogP contribution in [0.15, 0.2) is 23.0 Å². The van der Waals surface area contributed by atoms with E-state index in [2.05, 4.69) is 15.1 Å². The normalized spacial score (nSPS) is 19.4. The van der Waals surface area contributed by atoms with Crippen LogP contribution in [0.3, 0.4) is 0 Å². The summed E-state index contributed by atoms with van der Waals surface area (Å²) in [5.41, 5.74) is 1.88. The molecule has 1 atom stereocenters. The highest BCUT2D eigenvalue weighted by atomic mass is 16.5. The van der Waals surface area contributed by atoms with Gasteiger partial charge < -0.3 is 4.52 Å². The Kier molecular flexibility index (Phi) is 2.66. The minimum absolute atomic E-state index is 0.201. The molecule has 0 N–H and O–H groups in total. The summed E-state index contributed by atoms with van der Waals surface area (Å²) in [6, 6.07) is 1.85. The molecule has 5 heteroatoms. The summed E-state index contributed by atoms with van der Waals surface area (Å²) < 4.78 is 5.23. The van der Waals surface area contributed by atoms with Gasteiger partial charge in [0.2, 0.25) is 11.7 Å². The van der Waals surface area contributed by atoms with Crippen LogP contribution in [0, 0.1) is 6.92 Å². The fourth-order valence-electron chi connectivity index (χ4n) is 2.29. The van der Waals surface area contributed by atoms with E-state index in [0.717, 1.165) is 24.0 Å². The molecule has 0 radical (unpaired) electrons. The molecule has 1 fully saturated rings. The molecule has 92 valence electrons. The fraction of sp³-hybridized carbons (Fsp3) is 0.385. The molecule has 2 heterocycles. The Labute approximate surface area is 104 Å². The first kappa shape index (κ1) is 11.1. The Morgan fingerprint density at radius 1 is 1.44 bits per heavy atom. The molecule has 2 aromatic heterocycles. The molecular weight excluding hydrogens is 230 g/mol. The Morgan fingerprint density at radius 3 is 3.06 bits per heavy atom. The maximum atomic E-state index is 11.6. The second-order valence-electron chi connectivity index (χ2n) is 4.56. The molecule has 0 aliphatic heterocycles. The van der Waals surface area contributed by atoms with Gasteiger partial charge in [-0.15, -0.1) is 0 Å². The third-order valence-corrected chi connectivity index (χ3v) is 3.31. The lowest BCUT2D eigenvalue weighted by Crippen LogP contribution is -2.04. The van der Waals surface area contributed by atoms with Crippen molar-refractivity contribution in [3.8, 4) is 11.4 Å². The van der Waals surface area contributed by atoms with Gasteiger partial charge in [0.15, 0.2) is 0 Å². The molecule has 5 nitrogen and oxygen atoms in total.